The Labute approximate surface area is 142 Å². The van der Waals surface area contributed by atoms with Crippen LogP contribution in [0.5, 0.6) is 5.75 Å². The Bertz CT molecular complexity index is 788. The fourth-order valence-corrected chi connectivity index (χ4v) is 3.57. The zero-order chi connectivity index (χ0) is 17.6. The number of rotatable bonds is 7. The van der Waals surface area contributed by atoms with Crippen molar-refractivity contribution < 1.29 is 17.9 Å². The first kappa shape index (κ1) is 18.0. The van der Waals surface area contributed by atoms with Gasteiger partial charge in [-0.05, 0) is 30.7 Å². The van der Waals surface area contributed by atoms with Crippen LogP contribution in [0, 0.1) is 0 Å². The summed E-state index contributed by atoms with van der Waals surface area (Å²) in [6, 6.07) is 15.2. The number of unbranched alkanes of at least 4 members (excludes halogenated alkanes) is 1. The predicted octanol–water partition coefficient (Wildman–Crippen LogP) is 3.47. The van der Waals surface area contributed by atoms with Crippen LogP contribution in [0.25, 0.3) is 0 Å². The molecule has 0 aromatic heterocycles. The van der Waals surface area contributed by atoms with Crippen molar-refractivity contribution in [1.82, 2.24) is 0 Å². The molecule has 2 aromatic carbocycles. The summed E-state index contributed by atoms with van der Waals surface area (Å²) >= 11 is 0. The smallest absolute Gasteiger partial charge is 0.345 e. The van der Waals surface area contributed by atoms with Crippen molar-refractivity contribution in [3.8, 4) is 5.75 Å². The largest absolute Gasteiger partial charge is 0.423 e. The summed E-state index contributed by atoms with van der Waals surface area (Å²) < 4.78 is 31.3. The Balaban J connectivity index is 2.28. The minimum Gasteiger partial charge on any atom is -0.423 e. The number of carbonyl (C=O) groups is 1. The number of hydrogen-bond acceptors (Lipinski definition) is 4. The van der Waals surface area contributed by atoms with Gasteiger partial charge in [0, 0.05) is 7.05 Å². The summed E-state index contributed by atoms with van der Waals surface area (Å²) in [7, 11) is -2.02. The molecule has 0 aliphatic heterocycles. The number of esters is 1. The first-order valence-electron chi connectivity index (χ1n) is 7.78. The molecule has 0 unspecified atom stereocenters. The molecule has 0 radical (unpaired) electrons. The van der Waals surface area contributed by atoms with E-state index in [1.165, 1.54) is 7.05 Å². The van der Waals surface area contributed by atoms with Gasteiger partial charge >= 0.3 is 5.97 Å². The van der Waals surface area contributed by atoms with E-state index in [-0.39, 0.29) is 11.3 Å². The number of carbonyl (C=O) groups excluding carboxylic acids is 1. The first-order chi connectivity index (χ1) is 11.5. The molecule has 0 saturated heterocycles. The van der Waals surface area contributed by atoms with Gasteiger partial charge in [0.15, 0.2) is 0 Å². The number of benzene rings is 2. The molecule has 0 saturated carbocycles. The van der Waals surface area contributed by atoms with Gasteiger partial charge in [-0.1, -0.05) is 43.7 Å². The Morgan fingerprint density at radius 2 is 1.67 bits per heavy atom. The lowest BCUT2D eigenvalue weighted by atomic mass is 10.2. The Hall–Kier alpha value is -2.34. The van der Waals surface area contributed by atoms with Crippen molar-refractivity contribution in [3.63, 3.8) is 0 Å². The standard InChI is InChI=1S/C18H21NO4S/c1-3-4-14-24(21,22)19(2)17-13-9-8-12-16(17)18(20)23-15-10-6-5-7-11-15/h5-13H,3-4,14H2,1-2H3. The SMILES string of the molecule is CCCCS(=O)(=O)N(C)c1ccccc1C(=O)Oc1ccccc1. The topological polar surface area (TPSA) is 63.7 Å². The zero-order valence-electron chi connectivity index (χ0n) is 13.8. The molecule has 0 heterocycles. The highest BCUT2D eigenvalue weighted by Gasteiger charge is 2.23. The van der Waals surface area contributed by atoms with Crippen LogP contribution in [0.2, 0.25) is 0 Å². The van der Waals surface area contributed by atoms with Gasteiger partial charge in [0.05, 0.1) is 17.0 Å². The number of sulfonamides is 1. The van der Waals surface area contributed by atoms with Gasteiger partial charge in [-0.15, -0.1) is 0 Å². The molecule has 0 spiro atoms. The molecule has 0 bridgehead atoms. The van der Waals surface area contributed by atoms with Crippen molar-refractivity contribution in [1.29, 1.82) is 0 Å². The Morgan fingerprint density at radius 3 is 2.33 bits per heavy atom. The molecular formula is C18H21NO4S. The van der Waals surface area contributed by atoms with Crippen LogP contribution in [0.15, 0.2) is 54.6 Å². The van der Waals surface area contributed by atoms with Gasteiger partial charge in [-0.3, -0.25) is 4.31 Å². The van der Waals surface area contributed by atoms with E-state index in [9.17, 15) is 13.2 Å². The highest BCUT2D eigenvalue weighted by atomic mass is 32.2. The van der Waals surface area contributed by atoms with Gasteiger partial charge in [-0.25, -0.2) is 13.2 Å². The van der Waals surface area contributed by atoms with E-state index in [0.717, 1.165) is 10.7 Å². The average Bonchev–Trinajstić information content (AvgIpc) is 2.60. The summed E-state index contributed by atoms with van der Waals surface area (Å²) in [4.78, 5) is 12.4. The van der Waals surface area contributed by atoms with E-state index in [0.29, 0.717) is 17.9 Å². The van der Waals surface area contributed by atoms with Crippen LogP contribution in [-0.4, -0.2) is 27.2 Å². The highest BCUT2D eigenvalue weighted by molar-refractivity contribution is 7.92. The van der Waals surface area contributed by atoms with Crippen molar-refractivity contribution in [2.75, 3.05) is 17.1 Å². The van der Waals surface area contributed by atoms with Gasteiger partial charge in [0.1, 0.15) is 5.75 Å². The molecule has 0 atom stereocenters. The molecule has 2 aromatic rings. The van der Waals surface area contributed by atoms with Crippen LogP contribution in [0.1, 0.15) is 30.1 Å². The van der Waals surface area contributed by atoms with E-state index in [2.05, 4.69) is 0 Å². The van der Waals surface area contributed by atoms with Crippen molar-refractivity contribution in [2.24, 2.45) is 0 Å². The van der Waals surface area contributed by atoms with Crippen molar-refractivity contribution in [2.45, 2.75) is 19.8 Å². The van der Waals surface area contributed by atoms with Crippen LogP contribution in [0.4, 0.5) is 5.69 Å². The molecule has 0 aliphatic rings. The van der Waals surface area contributed by atoms with Crippen LogP contribution >= 0.6 is 0 Å². The molecule has 0 fully saturated rings. The second-order valence-electron chi connectivity index (χ2n) is 5.36. The third kappa shape index (κ3) is 4.35. The minimum absolute atomic E-state index is 0.0437. The maximum absolute atomic E-state index is 12.4. The third-order valence-electron chi connectivity index (χ3n) is 3.59. The molecule has 0 N–H and O–H groups in total. The normalized spacial score (nSPS) is 11.1. The predicted molar refractivity (Wildman–Crippen MR) is 94.9 cm³/mol. The lowest BCUT2D eigenvalue weighted by molar-refractivity contribution is 0.0735. The maximum atomic E-state index is 12.4. The van der Waals surface area contributed by atoms with E-state index >= 15 is 0 Å². The first-order valence-corrected chi connectivity index (χ1v) is 9.39. The molecule has 128 valence electrons. The Morgan fingerprint density at radius 1 is 1.04 bits per heavy atom. The van der Waals surface area contributed by atoms with Gasteiger partial charge < -0.3 is 4.74 Å². The van der Waals surface area contributed by atoms with Crippen molar-refractivity contribution in [3.05, 3.63) is 60.2 Å². The van der Waals surface area contributed by atoms with E-state index < -0.39 is 16.0 Å². The second kappa shape index (κ2) is 7.97. The average molecular weight is 347 g/mol. The lowest BCUT2D eigenvalue weighted by Crippen LogP contribution is -2.30. The summed E-state index contributed by atoms with van der Waals surface area (Å²) in [6.07, 6.45) is 1.36. The number of nitrogens with zero attached hydrogens (tertiary/aromatic N) is 1. The van der Waals surface area contributed by atoms with Crippen LogP contribution in [-0.2, 0) is 10.0 Å². The van der Waals surface area contributed by atoms with Gasteiger partial charge in [0.2, 0.25) is 10.0 Å². The lowest BCUT2D eigenvalue weighted by Gasteiger charge is -2.21. The molecule has 6 heteroatoms. The maximum Gasteiger partial charge on any atom is 0.345 e. The summed E-state index contributed by atoms with van der Waals surface area (Å²) in [5.41, 5.74) is 0.526. The molecule has 0 aliphatic carbocycles. The summed E-state index contributed by atoms with van der Waals surface area (Å²) in [6.45, 7) is 1.93. The summed E-state index contributed by atoms with van der Waals surface area (Å²) in [5, 5.41) is 0. The minimum atomic E-state index is -3.48. The fraction of sp³-hybridized carbons (Fsp3) is 0.278. The number of para-hydroxylation sites is 2. The van der Waals surface area contributed by atoms with Crippen LogP contribution < -0.4 is 9.04 Å². The molecule has 5 nitrogen and oxygen atoms in total. The monoisotopic (exact) mass is 347 g/mol. The van der Waals surface area contributed by atoms with Gasteiger partial charge in [-0.2, -0.15) is 0 Å². The van der Waals surface area contributed by atoms with E-state index in [4.69, 9.17) is 4.74 Å². The summed E-state index contributed by atoms with van der Waals surface area (Å²) in [5.74, 6) is -0.134. The van der Waals surface area contributed by atoms with Crippen molar-refractivity contribution >= 4 is 21.7 Å². The molecule has 24 heavy (non-hydrogen) atoms. The number of anilines is 1. The van der Waals surface area contributed by atoms with Crippen LogP contribution in [0.3, 0.4) is 0 Å². The Kier molecular flexibility index (Phi) is 5.98. The third-order valence-corrected chi connectivity index (χ3v) is 5.43. The highest BCUT2D eigenvalue weighted by Crippen LogP contribution is 2.24. The van der Waals surface area contributed by atoms with E-state index in [1.54, 1.807) is 48.5 Å². The van der Waals surface area contributed by atoms with E-state index in [1.807, 2.05) is 13.0 Å². The second-order valence-corrected chi connectivity index (χ2v) is 7.48. The zero-order valence-corrected chi connectivity index (χ0v) is 14.6. The van der Waals surface area contributed by atoms with Gasteiger partial charge in [0.25, 0.3) is 0 Å². The number of ether oxygens (including phenoxy) is 1. The molecule has 2 rings (SSSR count). The quantitative estimate of drug-likeness (QED) is 0.568. The fourth-order valence-electron chi connectivity index (χ4n) is 2.18. The number of hydrogen-bond donors (Lipinski definition) is 0. The molecule has 0 amide bonds. The molecular weight excluding hydrogens is 326 g/mol.